The fraction of sp³-hybridized carbons (Fsp3) is 0.609. The summed E-state index contributed by atoms with van der Waals surface area (Å²) in [5.41, 5.74) is 0.746. The van der Waals surface area contributed by atoms with E-state index in [0.717, 1.165) is 29.4 Å². The highest BCUT2D eigenvalue weighted by molar-refractivity contribution is 5.97. The lowest BCUT2D eigenvalue weighted by molar-refractivity contribution is -0.870. The molecule has 0 spiro atoms. The Kier molecular flexibility index (Phi) is 7.73. The molecule has 3 atom stereocenters. The number of piperazine rings is 1. The molecule has 9 nitrogen and oxygen atoms in total. The first kappa shape index (κ1) is 24.0. The molecule has 2 heterocycles. The fourth-order valence-corrected chi connectivity index (χ4v) is 4.45. The predicted molar refractivity (Wildman–Crippen MR) is 119 cm³/mol. The van der Waals surface area contributed by atoms with Crippen LogP contribution in [-0.2, 0) is 14.4 Å². The van der Waals surface area contributed by atoms with E-state index in [1.54, 1.807) is 23.1 Å². The van der Waals surface area contributed by atoms with Crippen molar-refractivity contribution < 1.29 is 28.7 Å². The summed E-state index contributed by atoms with van der Waals surface area (Å²) in [6.45, 7) is 1.56. The van der Waals surface area contributed by atoms with Gasteiger partial charge in [0.1, 0.15) is 18.4 Å². The summed E-state index contributed by atoms with van der Waals surface area (Å²) in [6, 6.07) is 5.99. The van der Waals surface area contributed by atoms with Crippen LogP contribution in [0.2, 0.25) is 0 Å². The summed E-state index contributed by atoms with van der Waals surface area (Å²) in [6.07, 6.45) is 2.15. The summed E-state index contributed by atoms with van der Waals surface area (Å²) in [5, 5.41) is 14.7. The number of aliphatic hydroxyl groups excluding tert-OH is 1. The highest BCUT2D eigenvalue weighted by atomic mass is 16.5. The van der Waals surface area contributed by atoms with Gasteiger partial charge in [0, 0.05) is 6.54 Å². The van der Waals surface area contributed by atoms with Crippen molar-refractivity contribution in [2.75, 3.05) is 54.0 Å². The van der Waals surface area contributed by atoms with Gasteiger partial charge in [-0.15, -0.1) is 0 Å². The first-order valence-corrected chi connectivity index (χ1v) is 11.2. The number of carbonyl (C=O) groups is 3. The van der Waals surface area contributed by atoms with Gasteiger partial charge in [0.25, 0.3) is 0 Å². The number of hydrogen-bond acceptors (Lipinski definition) is 5. The number of nitrogens with one attached hydrogen (secondary N) is 2. The van der Waals surface area contributed by atoms with Crippen LogP contribution in [-0.4, -0.2) is 92.2 Å². The first-order chi connectivity index (χ1) is 15.2. The largest absolute Gasteiger partial charge is 0.491 e. The van der Waals surface area contributed by atoms with Crippen molar-refractivity contribution >= 4 is 17.7 Å². The highest BCUT2D eigenvalue weighted by Crippen LogP contribution is 2.43. The van der Waals surface area contributed by atoms with Gasteiger partial charge in [0.2, 0.25) is 17.7 Å². The molecule has 0 radical (unpaired) electrons. The van der Waals surface area contributed by atoms with Crippen molar-refractivity contribution in [2.24, 2.45) is 5.92 Å². The van der Waals surface area contributed by atoms with Crippen molar-refractivity contribution in [1.29, 1.82) is 0 Å². The third-order valence-electron chi connectivity index (χ3n) is 5.95. The van der Waals surface area contributed by atoms with Gasteiger partial charge in [0.15, 0.2) is 0 Å². The molecule has 2 aliphatic rings. The Morgan fingerprint density at radius 2 is 2.06 bits per heavy atom. The van der Waals surface area contributed by atoms with Crippen LogP contribution >= 0.6 is 0 Å². The Hall–Kier alpha value is -2.65. The molecule has 0 bridgehead atoms. The number of unbranched alkanes of at least 4 members (excludes halogenated alkanes) is 1. The van der Waals surface area contributed by atoms with Gasteiger partial charge in [-0.3, -0.25) is 14.4 Å². The number of nitrogens with zero attached hydrogens (tertiary/aromatic N) is 2. The van der Waals surface area contributed by atoms with Gasteiger partial charge in [-0.2, -0.15) is 0 Å². The molecular formula is C23H35N4O5+. The number of fused-ring (bicyclic) bond motifs is 1. The lowest BCUT2D eigenvalue weighted by atomic mass is 9.92. The van der Waals surface area contributed by atoms with Crippen molar-refractivity contribution in [1.82, 2.24) is 15.5 Å². The van der Waals surface area contributed by atoms with E-state index in [4.69, 9.17) is 9.84 Å². The van der Waals surface area contributed by atoms with Crippen LogP contribution in [0.5, 0.6) is 5.75 Å². The molecule has 0 aliphatic carbocycles. The quantitative estimate of drug-likeness (QED) is 0.347. The maximum Gasteiger partial charge on any atom is 0.243 e. The first-order valence-electron chi connectivity index (χ1n) is 11.2. The zero-order chi connectivity index (χ0) is 23.3. The molecule has 2 aliphatic heterocycles. The van der Waals surface area contributed by atoms with Gasteiger partial charge >= 0.3 is 0 Å². The second-order valence-corrected chi connectivity index (χ2v) is 9.48. The number of hydrogen-bond donors (Lipinski definition) is 3. The number of quaternary nitrogens is 1. The number of aliphatic hydroxyl groups is 1. The average molecular weight is 448 g/mol. The molecule has 9 heteroatoms. The Morgan fingerprint density at radius 1 is 1.28 bits per heavy atom. The number of carbonyl (C=O) groups excluding carboxylic acids is 3. The number of rotatable bonds is 10. The van der Waals surface area contributed by atoms with E-state index >= 15 is 0 Å². The molecule has 2 saturated heterocycles. The van der Waals surface area contributed by atoms with Crippen molar-refractivity contribution in [3.63, 3.8) is 0 Å². The third kappa shape index (κ3) is 5.77. The van der Waals surface area contributed by atoms with Crippen LogP contribution in [0.15, 0.2) is 24.3 Å². The lowest BCUT2D eigenvalue weighted by Crippen LogP contribution is -2.56. The average Bonchev–Trinajstić information content (AvgIpc) is 3.16. The standard InChI is InChI=1S/C23H34N4O5/c1-27(2,3)10-5-4-9-24-22(30)18-14-19-23(31)25-15-20(29)26(19)21(18)16-7-6-8-17(13-16)32-12-11-28/h6-8,13,18-19,21,28H,4-5,9-12,14-15H2,1-3H3,(H-,24,25,30,31)/p+1/t18-,19-,21-/m0/s1. The molecule has 3 amide bonds. The molecule has 0 unspecified atom stereocenters. The summed E-state index contributed by atoms with van der Waals surface area (Å²) in [7, 11) is 6.41. The van der Waals surface area contributed by atoms with Crippen molar-refractivity contribution in [3.8, 4) is 5.75 Å². The van der Waals surface area contributed by atoms with E-state index in [2.05, 4.69) is 31.8 Å². The van der Waals surface area contributed by atoms with E-state index in [0.29, 0.717) is 12.3 Å². The van der Waals surface area contributed by atoms with E-state index in [1.807, 2.05) is 6.07 Å². The molecule has 1 aromatic carbocycles. The van der Waals surface area contributed by atoms with Gasteiger partial charge in [0.05, 0.1) is 52.8 Å². The molecule has 176 valence electrons. The summed E-state index contributed by atoms with van der Waals surface area (Å²) < 4.78 is 6.40. The van der Waals surface area contributed by atoms with Crippen molar-refractivity contribution in [2.45, 2.75) is 31.3 Å². The molecular weight excluding hydrogens is 412 g/mol. The Balaban J connectivity index is 1.76. The van der Waals surface area contributed by atoms with Gasteiger partial charge in [-0.25, -0.2) is 0 Å². The van der Waals surface area contributed by atoms with Gasteiger partial charge in [-0.1, -0.05) is 12.1 Å². The highest BCUT2D eigenvalue weighted by Gasteiger charge is 2.52. The molecule has 0 saturated carbocycles. The maximum atomic E-state index is 13.2. The smallest absolute Gasteiger partial charge is 0.243 e. The molecule has 0 aromatic heterocycles. The van der Waals surface area contributed by atoms with Crippen LogP contribution in [0.4, 0.5) is 0 Å². The Bertz CT molecular complexity index is 838. The summed E-state index contributed by atoms with van der Waals surface area (Å²) >= 11 is 0. The van der Waals surface area contributed by atoms with Crippen LogP contribution in [0, 0.1) is 5.92 Å². The minimum Gasteiger partial charge on any atom is -0.491 e. The van der Waals surface area contributed by atoms with E-state index < -0.39 is 18.0 Å². The Labute approximate surface area is 189 Å². The lowest BCUT2D eigenvalue weighted by Gasteiger charge is -2.34. The maximum absolute atomic E-state index is 13.2. The molecule has 3 N–H and O–H groups in total. The third-order valence-corrected chi connectivity index (χ3v) is 5.95. The summed E-state index contributed by atoms with van der Waals surface area (Å²) in [5.74, 6) is -0.537. The number of ether oxygens (including phenoxy) is 1. The number of amides is 3. The SMILES string of the molecule is C[N+](C)(C)CCCCNC(=O)[C@H]1C[C@H]2C(=O)NCC(=O)N2[C@H]1c1cccc(OCCO)c1. The minimum absolute atomic E-state index is 0.0636. The normalized spacial score (nSPS) is 23.0. The zero-order valence-electron chi connectivity index (χ0n) is 19.2. The second kappa shape index (κ2) is 10.3. The fourth-order valence-electron chi connectivity index (χ4n) is 4.45. The van der Waals surface area contributed by atoms with Gasteiger partial charge in [-0.05, 0) is 37.0 Å². The van der Waals surface area contributed by atoms with Gasteiger partial charge < -0.3 is 29.9 Å². The monoisotopic (exact) mass is 447 g/mol. The summed E-state index contributed by atoms with van der Waals surface area (Å²) in [4.78, 5) is 39.9. The van der Waals surface area contributed by atoms with Crippen molar-refractivity contribution in [3.05, 3.63) is 29.8 Å². The van der Waals surface area contributed by atoms with E-state index in [1.165, 1.54) is 0 Å². The Morgan fingerprint density at radius 3 is 2.78 bits per heavy atom. The van der Waals surface area contributed by atoms with E-state index in [-0.39, 0.29) is 43.9 Å². The minimum atomic E-state index is -0.655. The van der Waals surface area contributed by atoms with E-state index in [9.17, 15) is 14.4 Å². The second-order valence-electron chi connectivity index (χ2n) is 9.48. The molecule has 1 aromatic rings. The molecule has 3 rings (SSSR count). The predicted octanol–water partition coefficient (Wildman–Crippen LogP) is 0.0483. The van der Waals surface area contributed by atoms with Crippen LogP contribution in [0.25, 0.3) is 0 Å². The topological polar surface area (TPSA) is 108 Å². The zero-order valence-corrected chi connectivity index (χ0v) is 19.2. The van der Waals surface area contributed by atoms with Crippen LogP contribution < -0.4 is 15.4 Å². The van der Waals surface area contributed by atoms with Crippen LogP contribution in [0.3, 0.4) is 0 Å². The number of benzene rings is 1. The van der Waals surface area contributed by atoms with Crippen LogP contribution in [0.1, 0.15) is 30.9 Å². The molecule has 2 fully saturated rings. The molecule has 32 heavy (non-hydrogen) atoms.